The zero-order valence-corrected chi connectivity index (χ0v) is 9.65. The second-order valence-electron chi connectivity index (χ2n) is 4.31. The van der Waals surface area contributed by atoms with E-state index in [1.807, 2.05) is 12.3 Å². The van der Waals surface area contributed by atoms with Gasteiger partial charge in [-0.25, -0.2) is 0 Å². The number of hydrogen-bond donors (Lipinski definition) is 1. The number of anilines is 1. The van der Waals surface area contributed by atoms with Crippen LogP contribution in [0.5, 0.6) is 0 Å². The number of aromatic nitrogens is 1. The van der Waals surface area contributed by atoms with Crippen molar-refractivity contribution in [3.63, 3.8) is 0 Å². The number of rotatable bonds is 1. The Morgan fingerprint density at radius 3 is 3.25 bits per heavy atom. The van der Waals surface area contributed by atoms with Gasteiger partial charge in [-0.3, -0.25) is 4.98 Å². The smallest absolute Gasteiger partial charge is 0.0683 e. The Balaban J connectivity index is 1.89. The first-order chi connectivity index (χ1) is 7.83. The molecule has 2 bridgehead atoms. The highest BCUT2D eigenvalue weighted by Gasteiger charge is 2.31. The van der Waals surface area contributed by atoms with Gasteiger partial charge in [0.05, 0.1) is 36.2 Å². The topological polar surface area (TPSA) is 37.4 Å². The van der Waals surface area contributed by atoms with Gasteiger partial charge < -0.3 is 15.0 Å². The molecule has 0 amide bonds. The maximum atomic E-state index is 5.97. The SMILES string of the molecule is Clc1cncc(N2CC3COCC2CN3)c1. The van der Waals surface area contributed by atoms with Crippen LogP contribution in [0.2, 0.25) is 5.02 Å². The normalized spacial score (nSPS) is 29.2. The van der Waals surface area contributed by atoms with Gasteiger partial charge in [-0.2, -0.15) is 0 Å². The van der Waals surface area contributed by atoms with E-state index < -0.39 is 0 Å². The highest BCUT2D eigenvalue weighted by molar-refractivity contribution is 6.30. The number of ether oxygens (including phenoxy) is 1. The minimum absolute atomic E-state index is 0.388. The lowest BCUT2D eigenvalue weighted by Crippen LogP contribution is -2.56. The van der Waals surface area contributed by atoms with E-state index in [9.17, 15) is 0 Å². The number of nitrogens with zero attached hydrogens (tertiary/aromatic N) is 2. The predicted octanol–water partition coefficient (Wildman–Crippen LogP) is 0.912. The third-order valence-corrected chi connectivity index (χ3v) is 3.36. The molecule has 3 aliphatic rings. The van der Waals surface area contributed by atoms with Crippen molar-refractivity contribution < 1.29 is 4.74 Å². The second kappa shape index (κ2) is 4.20. The molecule has 1 aromatic rings. The van der Waals surface area contributed by atoms with Gasteiger partial charge in [0.25, 0.3) is 0 Å². The molecular weight excluding hydrogens is 226 g/mol. The lowest BCUT2D eigenvalue weighted by molar-refractivity contribution is 0.139. The Labute approximate surface area is 99.6 Å². The van der Waals surface area contributed by atoms with Gasteiger partial charge in [0.1, 0.15) is 0 Å². The number of fused-ring (bicyclic) bond motifs is 4. The van der Waals surface area contributed by atoms with Crippen molar-refractivity contribution in [1.29, 1.82) is 0 Å². The van der Waals surface area contributed by atoms with Crippen molar-refractivity contribution in [1.82, 2.24) is 10.3 Å². The molecule has 2 unspecified atom stereocenters. The lowest BCUT2D eigenvalue weighted by atomic mass is 10.1. The first-order valence-corrected chi connectivity index (χ1v) is 5.89. The number of pyridine rings is 1. The first-order valence-electron chi connectivity index (χ1n) is 5.51. The summed E-state index contributed by atoms with van der Waals surface area (Å²) >= 11 is 5.97. The summed E-state index contributed by atoms with van der Waals surface area (Å²) in [5.74, 6) is 0. The Morgan fingerprint density at radius 2 is 2.38 bits per heavy atom. The molecule has 16 heavy (non-hydrogen) atoms. The minimum Gasteiger partial charge on any atom is -0.378 e. The molecule has 0 aliphatic carbocycles. The van der Waals surface area contributed by atoms with Crippen LogP contribution in [0, 0.1) is 0 Å². The molecule has 0 spiro atoms. The highest BCUT2D eigenvalue weighted by Crippen LogP contribution is 2.23. The van der Waals surface area contributed by atoms with E-state index in [1.54, 1.807) is 6.20 Å². The molecule has 5 heteroatoms. The Bertz CT molecular complexity index is 383. The molecule has 86 valence electrons. The van der Waals surface area contributed by atoms with Crippen molar-refractivity contribution in [3.05, 3.63) is 23.5 Å². The molecule has 1 N–H and O–H groups in total. The third-order valence-electron chi connectivity index (χ3n) is 3.15. The van der Waals surface area contributed by atoms with Gasteiger partial charge >= 0.3 is 0 Å². The van der Waals surface area contributed by atoms with Gasteiger partial charge in [0, 0.05) is 25.3 Å². The van der Waals surface area contributed by atoms with E-state index in [0.717, 1.165) is 32.0 Å². The molecule has 2 atom stereocenters. The molecule has 4 heterocycles. The van der Waals surface area contributed by atoms with Crippen LogP contribution in [-0.2, 0) is 4.74 Å². The van der Waals surface area contributed by atoms with E-state index >= 15 is 0 Å². The monoisotopic (exact) mass is 239 g/mol. The molecule has 3 saturated heterocycles. The largest absolute Gasteiger partial charge is 0.378 e. The fraction of sp³-hybridized carbons (Fsp3) is 0.545. The van der Waals surface area contributed by atoms with E-state index in [1.165, 1.54) is 0 Å². The average Bonchev–Trinajstić information content (AvgIpc) is 2.63. The van der Waals surface area contributed by atoms with Gasteiger partial charge in [-0.1, -0.05) is 11.6 Å². The fourth-order valence-corrected chi connectivity index (χ4v) is 2.51. The number of halogens is 1. The lowest BCUT2D eigenvalue weighted by Gasteiger charge is -2.37. The highest BCUT2D eigenvalue weighted by atomic mass is 35.5. The van der Waals surface area contributed by atoms with Gasteiger partial charge in [-0.15, -0.1) is 0 Å². The summed E-state index contributed by atoms with van der Waals surface area (Å²) in [5.41, 5.74) is 1.09. The molecular formula is C11H14ClN3O. The molecule has 1 aromatic heterocycles. The molecule has 4 nitrogen and oxygen atoms in total. The van der Waals surface area contributed by atoms with E-state index in [-0.39, 0.29) is 0 Å². The molecule has 4 rings (SSSR count). The van der Waals surface area contributed by atoms with Crippen LogP contribution >= 0.6 is 11.6 Å². The van der Waals surface area contributed by atoms with Gasteiger partial charge in [-0.05, 0) is 6.07 Å². The van der Waals surface area contributed by atoms with Crippen molar-refractivity contribution in [3.8, 4) is 0 Å². The summed E-state index contributed by atoms with van der Waals surface area (Å²) in [4.78, 5) is 6.48. The summed E-state index contributed by atoms with van der Waals surface area (Å²) in [6.07, 6.45) is 3.53. The van der Waals surface area contributed by atoms with Crippen LogP contribution < -0.4 is 10.2 Å². The molecule has 0 saturated carbocycles. The van der Waals surface area contributed by atoms with Crippen molar-refractivity contribution >= 4 is 17.3 Å². The number of piperazine rings is 1. The average molecular weight is 240 g/mol. The van der Waals surface area contributed by atoms with E-state index in [2.05, 4.69) is 15.2 Å². The van der Waals surface area contributed by atoms with Crippen LogP contribution in [0.25, 0.3) is 0 Å². The summed E-state index contributed by atoms with van der Waals surface area (Å²) in [5, 5.41) is 4.16. The number of hydrogen-bond acceptors (Lipinski definition) is 4. The van der Waals surface area contributed by atoms with Crippen LogP contribution in [0.1, 0.15) is 0 Å². The molecule has 0 aromatic carbocycles. The van der Waals surface area contributed by atoms with Gasteiger partial charge in [0.2, 0.25) is 0 Å². The van der Waals surface area contributed by atoms with Crippen molar-refractivity contribution in [2.75, 3.05) is 31.2 Å². The standard InChI is InChI=1S/C11H14ClN3O/c12-8-1-10(3-13-2-8)15-5-9-6-16-7-11(15)4-14-9/h1-3,9,11,14H,4-7H2. The first kappa shape index (κ1) is 10.3. The Morgan fingerprint density at radius 1 is 1.44 bits per heavy atom. The van der Waals surface area contributed by atoms with E-state index in [0.29, 0.717) is 17.1 Å². The van der Waals surface area contributed by atoms with Crippen LogP contribution in [-0.4, -0.2) is 43.4 Å². The van der Waals surface area contributed by atoms with E-state index in [4.69, 9.17) is 16.3 Å². The third kappa shape index (κ3) is 1.88. The molecule has 3 aliphatic heterocycles. The van der Waals surface area contributed by atoms with Crippen molar-refractivity contribution in [2.45, 2.75) is 12.1 Å². The fourth-order valence-electron chi connectivity index (χ4n) is 2.34. The predicted molar refractivity (Wildman–Crippen MR) is 63.0 cm³/mol. The zero-order chi connectivity index (χ0) is 11.0. The quantitative estimate of drug-likeness (QED) is 0.791. The minimum atomic E-state index is 0.388. The van der Waals surface area contributed by atoms with Crippen LogP contribution in [0.15, 0.2) is 18.5 Å². The Hall–Kier alpha value is -0.840. The molecule has 3 fully saturated rings. The van der Waals surface area contributed by atoms with Gasteiger partial charge in [0.15, 0.2) is 0 Å². The van der Waals surface area contributed by atoms with Crippen LogP contribution in [0.4, 0.5) is 5.69 Å². The number of nitrogens with one attached hydrogen (secondary N) is 1. The maximum Gasteiger partial charge on any atom is 0.0683 e. The zero-order valence-electron chi connectivity index (χ0n) is 8.90. The summed E-state index contributed by atoms with van der Waals surface area (Å²) in [6.45, 7) is 3.50. The summed E-state index contributed by atoms with van der Waals surface area (Å²) in [6, 6.07) is 2.77. The Kier molecular flexibility index (Phi) is 2.71. The second-order valence-corrected chi connectivity index (χ2v) is 4.75. The van der Waals surface area contributed by atoms with Crippen LogP contribution in [0.3, 0.4) is 0 Å². The molecule has 0 radical (unpaired) electrons. The summed E-state index contributed by atoms with van der Waals surface area (Å²) < 4.78 is 5.61. The maximum absolute atomic E-state index is 5.97. The van der Waals surface area contributed by atoms with Crippen molar-refractivity contribution in [2.24, 2.45) is 0 Å². The summed E-state index contributed by atoms with van der Waals surface area (Å²) in [7, 11) is 0.